The molecule has 0 bridgehead atoms. The largest absolute Gasteiger partial charge is 0.467 e. The maximum absolute atomic E-state index is 10.8. The third-order valence-corrected chi connectivity index (χ3v) is 2.73. The molecule has 0 aromatic heterocycles. The molecule has 0 aromatic carbocycles. The summed E-state index contributed by atoms with van der Waals surface area (Å²) in [6.45, 7) is 0.834. The van der Waals surface area contributed by atoms with E-state index < -0.39 is 12.1 Å². The topological polar surface area (TPSA) is 85.3 Å². The predicted octanol–water partition coefficient (Wildman–Crippen LogP) is -0.199. The van der Waals surface area contributed by atoms with E-state index in [-0.39, 0.29) is 25.2 Å². The smallest absolute Gasteiger partial charge is 0.407 e. The van der Waals surface area contributed by atoms with E-state index in [4.69, 9.17) is 14.6 Å². The summed E-state index contributed by atoms with van der Waals surface area (Å²) in [5, 5.41) is 8.85. The van der Waals surface area contributed by atoms with E-state index in [0.717, 1.165) is 0 Å². The van der Waals surface area contributed by atoms with Crippen LogP contribution in [0.15, 0.2) is 0 Å². The Hall–Kier alpha value is -1.34. The van der Waals surface area contributed by atoms with E-state index in [0.29, 0.717) is 13.1 Å². The fourth-order valence-corrected chi connectivity index (χ4v) is 1.78. The number of carboxylic acid groups (broad SMARTS) is 1. The molecule has 1 amide bonds. The molecule has 7 nitrogen and oxygen atoms in total. The molecule has 1 rings (SSSR count). The van der Waals surface area contributed by atoms with Crippen molar-refractivity contribution in [2.24, 2.45) is 5.92 Å². The summed E-state index contributed by atoms with van der Waals surface area (Å²) in [5.74, 6) is -0.507. The predicted molar refractivity (Wildman–Crippen MR) is 56.7 cm³/mol. The molecule has 1 heterocycles. The van der Waals surface area contributed by atoms with Crippen LogP contribution < -0.4 is 0 Å². The Kier molecular flexibility index (Phi) is 5.17. The van der Waals surface area contributed by atoms with Crippen LogP contribution in [0.2, 0.25) is 0 Å². The number of hydrogen-bond donors (Lipinski definition) is 1. The summed E-state index contributed by atoms with van der Waals surface area (Å²) in [4.78, 5) is 22.9. The number of methoxy groups -OCH3 is 2. The molecule has 0 saturated carbocycles. The van der Waals surface area contributed by atoms with Crippen LogP contribution in [0.1, 0.15) is 0 Å². The van der Waals surface area contributed by atoms with E-state index in [1.54, 1.807) is 0 Å². The van der Waals surface area contributed by atoms with E-state index in [2.05, 4.69) is 4.74 Å². The molecule has 7 heteroatoms. The molecule has 98 valence electrons. The third kappa shape index (κ3) is 3.86. The van der Waals surface area contributed by atoms with Crippen molar-refractivity contribution in [2.45, 2.75) is 6.10 Å². The van der Waals surface area contributed by atoms with Crippen molar-refractivity contribution in [2.75, 3.05) is 40.5 Å². The Balaban J connectivity index is 2.36. The zero-order valence-electron chi connectivity index (χ0n) is 9.92. The van der Waals surface area contributed by atoms with Gasteiger partial charge in [0.15, 0.2) is 0 Å². The Bertz CT molecular complexity index is 282. The van der Waals surface area contributed by atoms with Crippen molar-refractivity contribution in [3.63, 3.8) is 0 Å². The van der Waals surface area contributed by atoms with E-state index in [1.807, 2.05) is 0 Å². The molecule has 1 N–H and O–H groups in total. The van der Waals surface area contributed by atoms with Crippen LogP contribution >= 0.6 is 0 Å². The average Bonchev–Trinajstić information content (AvgIpc) is 2.72. The molecule has 17 heavy (non-hydrogen) atoms. The van der Waals surface area contributed by atoms with Gasteiger partial charge in [-0.3, -0.25) is 0 Å². The standard InChI is InChI=1S/C10H17NO6/c1-15-8-4-11(10(13)14)3-7(8)5-17-6-9(12)16-2/h7-8H,3-6H2,1-2H3,(H,13,14). The Morgan fingerprint density at radius 3 is 2.59 bits per heavy atom. The number of rotatable bonds is 5. The maximum atomic E-state index is 10.8. The van der Waals surface area contributed by atoms with Crippen LogP contribution in [-0.2, 0) is 19.0 Å². The molecular weight excluding hydrogens is 230 g/mol. The van der Waals surface area contributed by atoms with Crippen molar-refractivity contribution < 1.29 is 28.9 Å². The molecule has 2 unspecified atom stereocenters. The zero-order chi connectivity index (χ0) is 12.8. The van der Waals surface area contributed by atoms with Gasteiger partial charge in [-0.25, -0.2) is 9.59 Å². The summed E-state index contributed by atoms with van der Waals surface area (Å²) in [5.41, 5.74) is 0. The number of esters is 1. The first-order valence-corrected chi connectivity index (χ1v) is 5.23. The minimum atomic E-state index is -0.970. The van der Waals surface area contributed by atoms with Crippen LogP contribution in [-0.4, -0.2) is 68.7 Å². The van der Waals surface area contributed by atoms with Crippen LogP contribution in [0.25, 0.3) is 0 Å². The monoisotopic (exact) mass is 247 g/mol. The number of carbonyl (C=O) groups excluding carboxylic acids is 1. The molecule has 0 spiro atoms. The highest BCUT2D eigenvalue weighted by Crippen LogP contribution is 2.19. The summed E-state index contributed by atoms with van der Waals surface area (Å²) < 4.78 is 14.8. The second-order valence-corrected chi connectivity index (χ2v) is 3.81. The number of ether oxygens (including phenoxy) is 3. The van der Waals surface area contributed by atoms with Crippen LogP contribution in [0.3, 0.4) is 0 Å². The van der Waals surface area contributed by atoms with Gasteiger partial charge in [0.1, 0.15) is 6.61 Å². The van der Waals surface area contributed by atoms with Gasteiger partial charge in [0.25, 0.3) is 0 Å². The first kappa shape index (κ1) is 13.7. The molecule has 1 aliphatic heterocycles. The molecule has 1 fully saturated rings. The highest BCUT2D eigenvalue weighted by molar-refractivity contribution is 5.70. The minimum absolute atomic E-state index is 0.0549. The van der Waals surface area contributed by atoms with Crippen molar-refractivity contribution >= 4 is 12.1 Å². The van der Waals surface area contributed by atoms with Crippen molar-refractivity contribution in [1.29, 1.82) is 0 Å². The minimum Gasteiger partial charge on any atom is -0.467 e. The second-order valence-electron chi connectivity index (χ2n) is 3.81. The molecule has 0 aliphatic carbocycles. The Labute approximate surface area is 99.2 Å². The third-order valence-electron chi connectivity index (χ3n) is 2.73. The fourth-order valence-electron chi connectivity index (χ4n) is 1.78. The van der Waals surface area contributed by atoms with Gasteiger partial charge < -0.3 is 24.2 Å². The number of hydrogen-bond acceptors (Lipinski definition) is 5. The molecule has 1 aliphatic rings. The summed E-state index contributed by atoms with van der Waals surface area (Å²) in [6, 6.07) is 0. The number of amides is 1. The molecule has 0 aromatic rings. The lowest BCUT2D eigenvalue weighted by Gasteiger charge is -2.15. The van der Waals surface area contributed by atoms with Crippen LogP contribution in [0.4, 0.5) is 4.79 Å². The molecule has 1 saturated heterocycles. The maximum Gasteiger partial charge on any atom is 0.407 e. The lowest BCUT2D eigenvalue weighted by atomic mass is 10.1. The van der Waals surface area contributed by atoms with Gasteiger partial charge in [0, 0.05) is 19.6 Å². The molecule has 0 radical (unpaired) electrons. The van der Waals surface area contributed by atoms with Gasteiger partial charge in [-0.1, -0.05) is 0 Å². The molecule has 2 atom stereocenters. The second kappa shape index (κ2) is 6.41. The Morgan fingerprint density at radius 1 is 1.35 bits per heavy atom. The first-order chi connectivity index (χ1) is 8.08. The average molecular weight is 247 g/mol. The highest BCUT2D eigenvalue weighted by atomic mass is 16.6. The van der Waals surface area contributed by atoms with Gasteiger partial charge in [-0.05, 0) is 0 Å². The van der Waals surface area contributed by atoms with Crippen LogP contribution in [0.5, 0.6) is 0 Å². The lowest BCUT2D eigenvalue weighted by Crippen LogP contribution is -2.28. The highest BCUT2D eigenvalue weighted by Gasteiger charge is 2.35. The SMILES string of the molecule is COC(=O)COCC1CN(C(=O)O)CC1OC. The van der Waals surface area contributed by atoms with Gasteiger partial charge in [-0.15, -0.1) is 0 Å². The summed E-state index contributed by atoms with van der Waals surface area (Å²) in [6.07, 6.45) is -1.16. The Morgan fingerprint density at radius 2 is 2.06 bits per heavy atom. The zero-order valence-corrected chi connectivity index (χ0v) is 9.92. The normalized spacial score (nSPS) is 23.8. The van der Waals surface area contributed by atoms with Crippen molar-refractivity contribution in [3.05, 3.63) is 0 Å². The van der Waals surface area contributed by atoms with E-state index in [1.165, 1.54) is 19.1 Å². The first-order valence-electron chi connectivity index (χ1n) is 5.23. The van der Waals surface area contributed by atoms with E-state index >= 15 is 0 Å². The van der Waals surface area contributed by atoms with Gasteiger partial charge in [-0.2, -0.15) is 0 Å². The van der Waals surface area contributed by atoms with Crippen molar-refractivity contribution in [3.8, 4) is 0 Å². The number of carbonyl (C=O) groups is 2. The lowest BCUT2D eigenvalue weighted by molar-refractivity contribution is -0.146. The fraction of sp³-hybridized carbons (Fsp3) is 0.800. The summed E-state index contributed by atoms with van der Waals surface area (Å²) in [7, 11) is 2.81. The van der Waals surface area contributed by atoms with Gasteiger partial charge in [0.2, 0.25) is 0 Å². The quantitative estimate of drug-likeness (QED) is 0.677. The van der Waals surface area contributed by atoms with Gasteiger partial charge >= 0.3 is 12.1 Å². The summed E-state index contributed by atoms with van der Waals surface area (Å²) >= 11 is 0. The molecular formula is C10H17NO6. The van der Waals surface area contributed by atoms with Crippen LogP contribution in [0, 0.1) is 5.92 Å². The van der Waals surface area contributed by atoms with E-state index in [9.17, 15) is 9.59 Å². The number of nitrogens with zero attached hydrogens (tertiary/aromatic N) is 1. The number of likely N-dealkylation sites (tertiary alicyclic amines) is 1. The van der Waals surface area contributed by atoms with Gasteiger partial charge in [0.05, 0.1) is 26.4 Å². The van der Waals surface area contributed by atoms with Crippen molar-refractivity contribution in [1.82, 2.24) is 4.90 Å².